The van der Waals surface area contributed by atoms with E-state index < -0.39 is 0 Å². The molecule has 1 aliphatic heterocycles. The fourth-order valence-electron chi connectivity index (χ4n) is 3.97. The Hall–Kier alpha value is -3.05. The highest BCUT2D eigenvalue weighted by Gasteiger charge is 2.32. The summed E-state index contributed by atoms with van der Waals surface area (Å²) in [6.07, 6.45) is 3.59. The number of benzene rings is 2. The van der Waals surface area contributed by atoms with Crippen LogP contribution < -0.4 is 9.47 Å². The smallest absolute Gasteiger partial charge is 0.254 e. The highest BCUT2D eigenvalue weighted by atomic mass is 35.5. The Kier molecular flexibility index (Phi) is 5.91. The van der Waals surface area contributed by atoms with E-state index in [0.717, 1.165) is 29.5 Å². The van der Waals surface area contributed by atoms with Crippen LogP contribution in [0.3, 0.4) is 0 Å². The predicted molar refractivity (Wildman–Crippen MR) is 117 cm³/mol. The molecule has 2 heterocycles. The minimum Gasteiger partial charge on any atom is -0.496 e. The largest absolute Gasteiger partial charge is 0.496 e. The molecule has 1 atom stereocenters. The second-order valence-electron chi connectivity index (χ2n) is 7.18. The molecule has 1 aromatic heterocycles. The standard InChI is InChI=1S/C24H23ClN2O3/c1-29-22-14-16(9-11-18(22)17-10-12-23(30-2)26-15-17)24(28)27-13-5-8-21(27)19-6-3-4-7-20(19)25/h3-4,6-7,9-12,14-15,21H,5,8,13H2,1-2H3/t21-/m1/s1. The lowest BCUT2D eigenvalue weighted by Gasteiger charge is -2.26. The van der Waals surface area contributed by atoms with E-state index in [1.165, 1.54) is 0 Å². The molecule has 1 amide bonds. The minimum absolute atomic E-state index is 0.0114. The van der Waals surface area contributed by atoms with Gasteiger partial charge in [-0.2, -0.15) is 0 Å². The van der Waals surface area contributed by atoms with Crippen LogP contribution >= 0.6 is 11.6 Å². The number of nitrogens with zero attached hydrogens (tertiary/aromatic N) is 2. The van der Waals surface area contributed by atoms with E-state index >= 15 is 0 Å². The molecule has 6 heteroatoms. The monoisotopic (exact) mass is 422 g/mol. The van der Waals surface area contributed by atoms with Crippen molar-refractivity contribution in [1.29, 1.82) is 0 Å². The van der Waals surface area contributed by atoms with Gasteiger partial charge in [0.05, 0.1) is 20.3 Å². The maximum atomic E-state index is 13.3. The summed E-state index contributed by atoms with van der Waals surface area (Å²) < 4.78 is 10.7. The van der Waals surface area contributed by atoms with Crippen molar-refractivity contribution in [2.45, 2.75) is 18.9 Å². The zero-order valence-electron chi connectivity index (χ0n) is 17.0. The Bertz CT molecular complexity index is 1050. The number of ether oxygens (including phenoxy) is 2. The van der Waals surface area contributed by atoms with Crippen molar-refractivity contribution in [2.75, 3.05) is 20.8 Å². The van der Waals surface area contributed by atoms with E-state index in [0.29, 0.717) is 28.8 Å². The van der Waals surface area contributed by atoms with Crippen molar-refractivity contribution in [3.8, 4) is 22.8 Å². The van der Waals surface area contributed by atoms with Gasteiger partial charge >= 0.3 is 0 Å². The average molecular weight is 423 g/mol. The second-order valence-corrected chi connectivity index (χ2v) is 7.59. The zero-order chi connectivity index (χ0) is 21.1. The Labute approximate surface area is 181 Å². The van der Waals surface area contributed by atoms with E-state index in [1.54, 1.807) is 32.5 Å². The summed E-state index contributed by atoms with van der Waals surface area (Å²) in [5.74, 6) is 1.15. The molecule has 3 aromatic rings. The lowest BCUT2D eigenvalue weighted by molar-refractivity contribution is 0.0735. The molecule has 1 aliphatic rings. The molecule has 5 nitrogen and oxygen atoms in total. The van der Waals surface area contributed by atoms with Gasteiger partial charge in [-0.1, -0.05) is 29.8 Å². The molecule has 0 spiro atoms. The van der Waals surface area contributed by atoms with Gasteiger partial charge < -0.3 is 14.4 Å². The molecule has 154 valence electrons. The molecule has 0 bridgehead atoms. The summed E-state index contributed by atoms with van der Waals surface area (Å²) in [6.45, 7) is 0.710. The molecular formula is C24H23ClN2O3. The van der Waals surface area contributed by atoms with E-state index in [2.05, 4.69) is 4.98 Å². The minimum atomic E-state index is -0.0184. The molecule has 0 N–H and O–H groups in total. The molecule has 0 saturated carbocycles. The number of aromatic nitrogens is 1. The summed E-state index contributed by atoms with van der Waals surface area (Å²) >= 11 is 6.41. The number of methoxy groups -OCH3 is 2. The summed E-state index contributed by atoms with van der Waals surface area (Å²) in [5, 5.41) is 0.696. The summed E-state index contributed by atoms with van der Waals surface area (Å²) in [5.41, 5.74) is 3.35. The van der Waals surface area contributed by atoms with Crippen LogP contribution in [0.25, 0.3) is 11.1 Å². The van der Waals surface area contributed by atoms with E-state index in [4.69, 9.17) is 21.1 Å². The third-order valence-electron chi connectivity index (χ3n) is 5.48. The van der Waals surface area contributed by atoms with Gasteiger partial charge in [-0.3, -0.25) is 4.79 Å². The SMILES string of the molecule is COc1ccc(-c2ccc(C(=O)N3CCC[C@@H]3c3ccccc3Cl)cc2OC)cn1. The topological polar surface area (TPSA) is 51.7 Å². The number of rotatable bonds is 5. The first-order chi connectivity index (χ1) is 14.6. The molecule has 0 radical (unpaired) electrons. The maximum Gasteiger partial charge on any atom is 0.254 e. The molecule has 1 saturated heterocycles. The first-order valence-electron chi connectivity index (χ1n) is 9.86. The van der Waals surface area contributed by atoms with Gasteiger partial charge in [-0.15, -0.1) is 0 Å². The molecule has 4 rings (SSSR count). The molecule has 1 fully saturated rings. The molecular weight excluding hydrogens is 400 g/mol. The molecule has 2 aromatic carbocycles. The first kappa shape index (κ1) is 20.2. The highest BCUT2D eigenvalue weighted by molar-refractivity contribution is 6.31. The third kappa shape index (κ3) is 3.85. The fraction of sp³-hybridized carbons (Fsp3) is 0.250. The van der Waals surface area contributed by atoms with Gasteiger partial charge in [-0.05, 0) is 48.7 Å². The lowest BCUT2D eigenvalue weighted by atomic mass is 10.0. The van der Waals surface area contributed by atoms with Gasteiger partial charge in [0.15, 0.2) is 0 Å². The van der Waals surface area contributed by atoms with Crippen molar-refractivity contribution in [3.05, 3.63) is 76.9 Å². The van der Waals surface area contributed by atoms with Crippen LogP contribution in [0.4, 0.5) is 0 Å². The van der Waals surface area contributed by atoms with Crippen LogP contribution in [0.15, 0.2) is 60.8 Å². The van der Waals surface area contributed by atoms with Gasteiger partial charge in [0.1, 0.15) is 5.75 Å². The van der Waals surface area contributed by atoms with Gasteiger partial charge in [-0.25, -0.2) is 4.98 Å². The number of hydrogen-bond acceptors (Lipinski definition) is 4. The van der Waals surface area contributed by atoms with E-state index in [9.17, 15) is 4.79 Å². The number of amides is 1. The van der Waals surface area contributed by atoms with Crippen molar-refractivity contribution < 1.29 is 14.3 Å². The van der Waals surface area contributed by atoms with E-state index in [-0.39, 0.29) is 11.9 Å². The zero-order valence-corrected chi connectivity index (χ0v) is 17.7. The van der Waals surface area contributed by atoms with Crippen LogP contribution in [0.1, 0.15) is 34.8 Å². The number of likely N-dealkylation sites (tertiary alicyclic amines) is 1. The Morgan fingerprint density at radius 1 is 1.10 bits per heavy atom. The normalized spacial score (nSPS) is 15.8. The lowest BCUT2D eigenvalue weighted by Crippen LogP contribution is -2.30. The summed E-state index contributed by atoms with van der Waals surface area (Å²) in [4.78, 5) is 19.5. The average Bonchev–Trinajstić information content (AvgIpc) is 3.28. The molecule has 0 aliphatic carbocycles. The van der Waals surface area contributed by atoms with Crippen molar-refractivity contribution in [3.63, 3.8) is 0 Å². The number of carbonyl (C=O) groups excluding carboxylic acids is 1. The first-order valence-corrected chi connectivity index (χ1v) is 10.2. The summed E-state index contributed by atoms with van der Waals surface area (Å²) in [7, 11) is 3.18. The van der Waals surface area contributed by atoms with Crippen LogP contribution in [-0.4, -0.2) is 36.6 Å². The highest BCUT2D eigenvalue weighted by Crippen LogP contribution is 2.38. The molecule has 0 unspecified atom stereocenters. The van der Waals surface area contributed by atoms with Crippen LogP contribution in [0.2, 0.25) is 5.02 Å². The van der Waals surface area contributed by atoms with Crippen molar-refractivity contribution in [2.24, 2.45) is 0 Å². The van der Waals surface area contributed by atoms with E-state index in [1.807, 2.05) is 47.4 Å². The van der Waals surface area contributed by atoms with Crippen LogP contribution in [0.5, 0.6) is 11.6 Å². The summed E-state index contributed by atoms with van der Waals surface area (Å²) in [6, 6.07) is 17.0. The van der Waals surface area contributed by atoms with Gasteiger partial charge in [0.2, 0.25) is 5.88 Å². The maximum absolute atomic E-state index is 13.3. The third-order valence-corrected chi connectivity index (χ3v) is 5.83. The number of hydrogen-bond donors (Lipinski definition) is 0. The Morgan fingerprint density at radius 3 is 2.63 bits per heavy atom. The predicted octanol–water partition coefficient (Wildman–Crippen LogP) is 5.40. The van der Waals surface area contributed by atoms with Crippen molar-refractivity contribution >= 4 is 17.5 Å². The Balaban J connectivity index is 1.63. The number of halogens is 1. The van der Waals surface area contributed by atoms with Gasteiger partial charge in [0.25, 0.3) is 5.91 Å². The number of carbonyl (C=O) groups is 1. The van der Waals surface area contributed by atoms with Crippen molar-refractivity contribution in [1.82, 2.24) is 9.88 Å². The van der Waals surface area contributed by atoms with Crippen LogP contribution in [0, 0.1) is 0 Å². The Morgan fingerprint density at radius 2 is 1.93 bits per heavy atom. The second kappa shape index (κ2) is 8.76. The van der Waals surface area contributed by atoms with Crippen LogP contribution in [-0.2, 0) is 0 Å². The van der Waals surface area contributed by atoms with Gasteiger partial charge in [0, 0.05) is 40.5 Å². The number of pyridine rings is 1. The fourth-order valence-corrected chi connectivity index (χ4v) is 4.23. The quantitative estimate of drug-likeness (QED) is 0.552. The molecule has 30 heavy (non-hydrogen) atoms.